The van der Waals surface area contributed by atoms with Gasteiger partial charge in [-0.25, -0.2) is 0 Å². The molecule has 0 saturated carbocycles. The van der Waals surface area contributed by atoms with Gasteiger partial charge in [-0.05, 0) is 24.3 Å². The Morgan fingerprint density at radius 1 is 1.31 bits per heavy atom. The molecule has 1 aromatic rings. The molecule has 0 aliphatic carbocycles. The van der Waals surface area contributed by atoms with Gasteiger partial charge in [0, 0.05) is 28.2 Å². The Hall–Kier alpha value is -0.720. The quantitative estimate of drug-likeness (QED) is 0.633. The summed E-state index contributed by atoms with van der Waals surface area (Å²) in [7, 11) is 0. The number of halogens is 3. The summed E-state index contributed by atoms with van der Waals surface area (Å²) in [6.07, 6.45) is 0. The molecule has 2 nitrogen and oxygen atoms in total. The normalized spacial score (nSPS) is 10.2. The average Bonchev–Trinajstić information content (AvgIpc) is 2.04. The average molecular weight is 298 g/mol. The molecule has 0 amide bonds. The number of benzene rings is 1. The maximum Gasteiger partial charge on any atom is 0.387 e. The summed E-state index contributed by atoms with van der Waals surface area (Å²) in [5, 5.41) is 0. The monoisotopic (exact) mass is 298 g/mol. The molecular formula is C8H5F2IO2. The van der Waals surface area contributed by atoms with Crippen LogP contribution in [0.2, 0.25) is 0 Å². The summed E-state index contributed by atoms with van der Waals surface area (Å²) in [5.74, 6) is 0.0522. The van der Waals surface area contributed by atoms with Gasteiger partial charge in [0.15, 0.2) is 0 Å². The molecule has 0 radical (unpaired) electrons. The molecule has 13 heavy (non-hydrogen) atoms. The standard InChI is InChI=1S/C8H5F2IO2/c9-8(10)13-6-3-1-5(2-4-6)7(11)12/h1-4,8H. The van der Waals surface area contributed by atoms with Crippen molar-refractivity contribution in [1.29, 1.82) is 0 Å². The van der Waals surface area contributed by atoms with Crippen LogP contribution in [0.5, 0.6) is 5.75 Å². The van der Waals surface area contributed by atoms with Crippen molar-refractivity contribution in [3.05, 3.63) is 29.8 Å². The highest BCUT2D eigenvalue weighted by molar-refractivity contribution is 14.1. The first-order valence-electron chi connectivity index (χ1n) is 3.34. The molecular weight excluding hydrogens is 293 g/mol. The first-order chi connectivity index (χ1) is 6.09. The van der Waals surface area contributed by atoms with E-state index in [4.69, 9.17) is 0 Å². The van der Waals surface area contributed by atoms with E-state index in [1.165, 1.54) is 24.3 Å². The van der Waals surface area contributed by atoms with E-state index in [0.29, 0.717) is 5.56 Å². The van der Waals surface area contributed by atoms with Gasteiger partial charge in [0.2, 0.25) is 3.79 Å². The minimum atomic E-state index is -2.83. The smallest absolute Gasteiger partial charge is 0.387 e. The number of hydrogen-bond acceptors (Lipinski definition) is 2. The molecule has 0 heterocycles. The van der Waals surface area contributed by atoms with E-state index in [0.717, 1.165) is 0 Å². The Morgan fingerprint density at radius 2 is 1.85 bits per heavy atom. The molecule has 0 saturated heterocycles. The van der Waals surface area contributed by atoms with Gasteiger partial charge in [0.25, 0.3) is 0 Å². The Balaban J connectivity index is 2.75. The van der Waals surface area contributed by atoms with Gasteiger partial charge < -0.3 is 4.74 Å². The SMILES string of the molecule is O=C(I)c1ccc(OC(F)F)cc1. The summed E-state index contributed by atoms with van der Waals surface area (Å²) >= 11 is 1.62. The van der Waals surface area contributed by atoms with Crippen LogP contribution in [-0.2, 0) is 0 Å². The van der Waals surface area contributed by atoms with Crippen molar-refractivity contribution >= 4 is 26.4 Å². The number of hydrogen-bond donors (Lipinski definition) is 0. The van der Waals surface area contributed by atoms with Crippen molar-refractivity contribution in [1.82, 2.24) is 0 Å². The van der Waals surface area contributed by atoms with Crippen LogP contribution in [0.25, 0.3) is 0 Å². The molecule has 0 unspecified atom stereocenters. The van der Waals surface area contributed by atoms with Crippen LogP contribution in [0.15, 0.2) is 24.3 Å². The van der Waals surface area contributed by atoms with Crippen molar-refractivity contribution in [2.45, 2.75) is 6.61 Å². The second-order valence-electron chi connectivity index (χ2n) is 2.18. The zero-order chi connectivity index (χ0) is 9.84. The number of carbonyl (C=O) groups excluding carboxylic acids is 1. The molecule has 1 aromatic carbocycles. The molecule has 5 heteroatoms. The van der Waals surface area contributed by atoms with E-state index >= 15 is 0 Å². The lowest BCUT2D eigenvalue weighted by Gasteiger charge is -2.03. The van der Waals surface area contributed by atoms with E-state index in [-0.39, 0.29) is 9.54 Å². The van der Waals surface area contributed by atoms with Crippen molar-refractivity contribution in [3.63, 3.8) is 0 Å². The summed E-state index contributed by atoms with van der Waals surface area (Å²) < 4.78 is 27.3. The third-order valence-corrected chi connectivity index (χ3v) is 1.93. The van der Waals surface area contributed by atoms with Crippen molar-refractivity contribution in [2.24, 2.45) is 0 Å². The zero-order valence-electron chi connectivity index (χ0n) is 6.34. The van der Waals surface area contributed by atoms with Crippen molar-refractivity contribution in [2.75, 3.05) is 0 Å². The van der Waals surface area contributed by atoms with Gasteiger partial charge in [0.05, 0.1) is 0 Å². The maximum absolute atomic E-state index is 11.7. The van der Waals surface area contributed by atoms with E-state index in [9.17, 15) is 13.6 Å². The fraction of sp³-hybridized carbons (Fsp3) is 0.125. The molecule has 1 rings (SSSR count). The Kier molecular flexibility index (Phi) is 3.58. The highest BCUT2D eigenvalue weighted by Crippen LogP contribution is 2.16. The van der Waals surface area contributed by atoms with E-state index < -0.39 is 6.61 Å². The summed E-state index contributed by atoms with van der Waals surface area (Å²) in [6, 6.07) is 5.54. The molecule has 0 fully saturated rings. The molecule has 0 N–H and O–H groups in total. The first-order valence-corrected chi connectivity index (χ1v) is 4.42. The third kappa shape index (κ3) is 3.25. The van der Waals surface area contributed by atoms with Crippen molar-refractivity contribution in [3.8, 4) is 5.75 Å². The predicted octanol–water partition coefficient (Wildman–Crippen LogP) is 2.86. The van der Waals surface area contributed by atoms with Gasteiger partial charge >= 0.3 is 6.61 Å². The Morgan fingerprint density at radius 3 is 2.23 bits per heavy atom. The maximum atomic E-state index is 11.7. The summed E-state index contributed by atoms with van der Waals surface area (Å²) in [6.45, 7) is -2.83. The number of carbonyl (C=O) groups is 1. The van der Waals surface area contributed by atoms with Crippen LogP contribution < -0.4 is 4.74 Å². The van der Waals surface area contributed by atoms with Gasteiger partial charge in [-0.15, -0.1) is 0 Å². The summed E-state index contributed by atoms with van der Waals surface area (Å²) in [5.41, 5.74) is 0.460. The highest BCUT2D eigenvalue weighted by Gasteiger charge is 2.05. The molecule has 0 atom stereocenters. The Bertz CT molecular complexity index is 298. The fourth-order valence-electron chi connectivity index (χ4n) is 0.767. The van der Waals surface area contributed by atoms with E-state index in [1.54, 1.807) is 22.6 Å². The lowest BCUT2D eigenvalue weighted by Crippen LogP contribution is -2.01. The van der Waals surface area contributed by atoms with E-state index in [1.807, 2.05) is 0 Å². The predicted molar refractivity (Wildman–Crippen MR) is 51.4 cm³/mol. The number of ether oxygens (including phenoxy) is 1. The largest absolute Gasteiger partial charge is 0.435 e. The van der Waals surface area contributed by atoms with Gasteiger partial charge in [-0.2, -0.15) is 8.78 Å². The molecule has 0 bridgehead atoms. The van der Waals surface area contributed by atoms with Crippen LogP contribution >= 0.6 is 22.6 Å². The lowest BCUT2D eigenvalue weighted by molar-refractivity contribution is -0.0498. The molecule has 70 valence electrons. The zero-order valence-corrected chi connectivity index (χ0v) is 8.49. The summed E-state index contributed by atoms with van der Waals surface area (Å²) in [4.78, 5) is 10.8. The number of rotatable bonds is 3. The van der Waals surface area contributed by atoms with Crippen molar-refractivity contribution < 1.29 is 18.3 Å². The first kappa shape index (κ1) is 10.4. The molecule has 0 aliphatic heterocycles. The highest BCUT2D eigenvalue weighted by atomic mass is 127. The minimum Gasteiger partial charge on any atom is -0.435 e. The van der Waals surface area contributed by atoms with Gasteiger partial charge in [-0.3, -0.25) is 4.79 Å². The third-order valence-electron chi connectivity index (χ3n) is 1.31. The second-order valence-corrected chi connectivity index (χ2v) is 3.16. The fourth-order valence-corrected chi connectivity index (χ4v) is 1.13. The minimum absolute atomic E-state index is 0.0522. The topological polar surface area (TPSA) is 26.3 Å². The molecule has 0 spiro atoms. The van der Waals surface area contributed by atoms with Crippen LogP contribution in [0.4, 0.5) is 8.78 Å². The van der Waals surface area contributed by atoms with Crippen LogP contribution in [0.1, 0.15) is 10.4 Å². The molecule has 0 aliphatic rings. The van der Waals surface area contributed by atoms with Crippen LogP contribution in [0.3, 0.4) is 0 Å². The van der Waals surface area contributed by atoms with Gasteiger partial charge in [0.1, 0.15) is 5.75 Å². The lowest BCUT2D eigenvalue weighted by atomic mass is 10.2. The van der Waals surface area contributed by atoms with E-state index in [2.05, 4.69) is 4.74 Å². The molecule has 0 aromatic heterocycles. The van der Waals surface area contributed by atoms with Gasteiger partial charge in [-0.1, -0.05) is 0 Å². The van der Waals surface area contributed by atoms with Crippen LogP contribution in [-0.4, -0.2) is 10.4 Å². The second kappa shape index (κ2) is 4.50. The van der Waals surface area contributed by atoms with Crippen LogP contribution in [0, 0.1) is 0 Å². The number of alkyl halides is 2. The Labute approximate surface area is 87.0 Å².